The number of carbonyl (C=O) groups is 1. The quantitative estimate of drug-likeness (QED) is 0.682. The van der Waals surface area contributed by atoms with Crippen LogP contribution in [0.25, 0.3) is 0 Å². The van der Waals surface area contributed by atoms with E-state index in [4.69, 9.17) is 10.6 Å². The summed E-state index contributed by atoms with van der Waals surface area (Å²) in [4.78, 5) is 16.9. The SMILES string of the molecule is NCCCN1OC(C2CC2)CC1=O. The van der Waals surface area contributed by atoms with Crippen LogP contribution in [0.5, 0.6) is 0 Å². The number of hydrogen-bond acceptors (Lipinski definition) is 3. The Morgan fingerprint density at radius 2 is 2.31 bits per heavy atom. The molecular weight excluding hydrogens is 168 g/mol. The lowest BCUT2D eigenvalue weighted by molar-refractivity contribution is -0.175. The second-order valence-electron chi connectivity index (χ2n) is 3.82. The second kappa shape index (κ2) is 3.64. The molecule has 1 saturated heterocycles. The van der Waals surface area contributed by atoms with Crippen molar-refractivity contribution in [2.45, 2.75) is 31.8 Å². The van der Waals surface area contributed by atoms with Crippen molar-refractivity contribution >= 4 is 5.91 Å². The molecule has 0 bridgehead atoms. The summed E-state index contributed by atoms with van der Waals surface area (Å²) in [6, 6.07) is 0. The number of hydroxylamine groups is 2. The van der Waals surface area contributed by atoms with Gasteiger partial charge in [0.2, 0.25) is 5.91 Å². The highest BCUT2D eigenvalue weighted by atomic mass is 16.7. The van der Waals surface area contributed by atoms with Crippen molar-refractivity contribution in [1.82, 2.24) is 5.06 Å². The van der Waals surface area contributed by atoms with Gasteiger partial charge in [-0.05, 0) is 31.7 Å². The maximum absolute atomic E-state index is 11.4. The first-order chi connectivity index (χ1) is 6.31. The molecule has 1 saturated carbocycles. The molecule has 0 aromatic carbocycles. The van der Waals surface area contributed by atoms with Gasteiger partial charge in [0.05, 0.1) is 12.5 Å². The van der Waals surface area contributed by atoms with Gasteiger partial charge in [-0.25, -0.2) is 5.06 Å². The summed E-state index contributed by atoms with van der Waals surface area (Å²) < 4.78 is 0. The van der Waals surface area contributed by atoms with Crippen molar-refractivity contribution in [2.24, 2.45) is 11.7 Å². The molecule has 0 radical (unpaired) electrons. The molecule has 74 valence electrons. The Bertz CT molecular complexity index is 204. The first-order valence-corrected chi connectivity index (χ1v) is 4.98. The van der Waals surface area contributed by atoms with Crippen molar-refractivity contribution in [3.05, 3.63) is 0 Å². The zero-order chi connectivity index (χ0) is 9.26. The zero-order valence-corrected chi connectivity index (χ0v) is 7.74. The summed E-state index contributed by atoms with van der Waals surface area (Å²) in [5, 5.41) is 1.50. The van der Waals surface area contributed by atoms with Crippen molar-refractivity contribution < 1.29 is 9.63 Å². The van der Waals surface area contributed by atoms with Gasteiger partial charge < -0.3 is 5.73 Å². The van der Waals surface area contributed by atoms with Gasteiger partial charge in [0.15, 0.2) is 0 Å². The van der Waals surface area contributed by atoms with E-state index >= 15 is 0 Å². The van der Waals surface area contributed by atoms with E-state index in [0.717, 1.165) is 6.42 Å². The lowest BCUT2D eigenvalue weighted by Crippen LogP contribution is -2.26. The Balaban J connectivity index is 1.80. The van der Waals surface area contributed by atoms with Crippen LogP contribution in [-0.4, -0.2) is 30.2 Å². The van der Waals surface area contributed by atoms with Crippen LogP contribution in [0.2, 0.25) is 0 Å². The third-order valence-electron chi connectivity index (χ3n) is 2.63. The largest absolute Gasteiger partial charge is 0.330 e. The number of nitrogens with zero attached hydrogens (tertiary/aromatic N) is 1. The monoisotopic (exact) mass is 184 g/mol. The van der Waals surface area contributed by atoms with Crippen LogP contribution in [0.3, 0.4) is 0 Å². The van der Waals surface area contributed by atoms with Gasteiger partial charge >= 0.3 is 0 Å². The van der Waals surface area contributed by atoms with Gasteiger partial charge in [0.25, 0.3) is 0 Å². The van der Waals surface area contributed by atoms with Gasteiger partial charge in [-0.1, -0.05) is 0 Å². The molecule has 1 aliphatic heterocycles. The number of carbonyl (C=O) groups excluding carboxylic acids is 1. The fourth-order valence-corrected chi connectivity index (χ4v) is 1.67. The zero-order valence-electron chi connectivity index (χ0n) is 7.74. The Morgan fingerprint density at radius 3 is 2.92 bits per heavy atom. The van der Waals surface area contributed by atoms with Crippen LogP contribution in [0.15, 0.2) is 0 Å². The summed E-state index contributed by atoms with van der Waals surface area (Å²) >= 11 is 0. The topological polar surface area (TPSA) is 55.6 Å². The summed E-state index contributed by atoms with van der Waals surface area (Å²) in [6.07, 6.45) is 4.02. The lowest BCUT2D eigenvalue weighted by atomic mass is 10.2. The van der Waals surface area contributed by atoms with Crippen molar-refractivity contribution in [1.29, 1.82) is 0 Å². The minimum Gasteiger partial charge on any atom is -0.330 e. The minimum atomic E-state index is 0.130. The third-order valence-corrected chi connectivity index (χ3v) is 2.63. The molecular formula is C9H16N2O2. The predicted octanol–water partition coefficient (Wildman–Crippen LogP) is 0.278. The van der Waals surface area contributed by atoms with Crippen molar-refractivity contribution in [3.8, 4) is 0 Å². The smallest absolute Gasteiger partial charge is 0.248 e. The Kier molecular flexibility index (Phi) is 2.51. The second-order valence-corrected chi connectivity index (χ2v) is 3.82. The molecule has 2 N–H and O–H groups in total. The third kappa shape index (κ3) is 2.00. The van der Waals surface area contributed by atoms with Crippen LogP contribution >= 0.6 is 0 Å². The Morgan fingerprint density at radius 1 is 1.54 bits per heavy atom. The van der Waals surface area contributed by atoms with E-state index in [9.17, 15) is 4.79 Å². The number of amides is 1. The molecule has 1 aliphatic carbocycles. The van der Waals surface area contributed by atoms with Gasteiger partial charge in [-0.15, -0.1) is 0 Å². The van der Waals surface area contributed by atoms with Crippen molar-refractivity contribution in [2.75, 3.05) is 13.1 Å². The molecule has 13 heavy (non-hydrogen) atoms. The van der Waals surface area contributed by atoms with E-state index < -0.39 is 0 Å². The van der Waals surface area contributed by atoms with Crippen LogP contribution < -0.4 is 5.73 Å². The molecule has 2 rings (SSSR count). The van der Waals surface area contributed by atoms with E-state index in [2.05, 4.69) is 0 Å². The highest BCUT2D eigenvalue weighted by molar-refractivity contribution is 5.77. The Labute approximate surface area is 78.0 Å². The summed E-state index contributed by atoms with van der Waals surface area (Å²) in [6.45, 7) is 1.26. The van der Waals surface area contributed by atoms with Crippen LogP contribution in [-0.2, 0) is 9.63 Å². The molecule has 1 atom stereocenters. The first kappa shape index (κ1) is 8.97. The molecule has 1 amide bonds. The molecule has 1 unspecified atom stereocenters. The molecule has 0 spiro atoms. The van der Waals surface area contributed by atoms with Gasteiger partial charge in [0, 0.05) is 6.54 Å². The number of hydrogen-bond donors (Lipinski definition) is 1. The maximum atomic E-state index is 11.4. The Hall–Kier alpha value is -0.610. The minimum absolute atomic E-state index is 0.130. The van der Waals surface area contributed by atoms with Crippen molar-refractivity contribution in [3.63, 3.8) is 0 Å². The molecule has 4 heteroatoms. The fraction of sp³-hybridized carbons (Fsp3) is 0.889. The summed E-state index contributed by atoms with van der Waals surface area (Å²) in [5.74, 6) is 0.775. The van der Waals surface area contributed by atoms with Crippen LogP contribution in [0.1, 0.15) is 25.7 Å². The molecule has 1 heterocycles. The number of rotatable bonds is 4. The average Bonchev–Trinajstić information content (AvgIpc) is 2.89. The summed E-state index contributed by atoms with van der Waals surface area (Å²) in [7, 11) is 0. The highest BCUT2D eigenvalue weighted by Crippen LogP contribution is 2.38. The fourth-order valence-electron chi connectivity index (χ4n) is 1.67. The van der Waals surface area contributed by atoms with E-state index in [0.29, 0.717) is 25.4 Å². The van der Waals surface area contributed by atoms with E-state index in [1.807, 2.05) is 0 Å². The highest BCUT2D eigenvalue weighted by Gasteiger charge is 2.41. The normalized spacial score (nSPS) is 28.5. The number of nitrogens with two attached hydrogens (primary N) is 1. The first-order valence-electron chi connectivity index (χ1n) is 4.98. The maximum Gasteiger partial charge on any atom is 0.248 e. The standard InChI is InChI=1S/C9H16N2O2/c10-4-1-5-11-9(12)6-8(13-11)7-2-3-7/h7-8H,1-6,10H2. The van der Waals surface area contributed by atoms with Gasteiger partial charge in [-0.3, -0.25) is 9.63 Å². The predicted molar refractivity (Wildman–Crippen MR) is 47.6 cm³/mol. The van der Waals surface area contributed by atoms with E-state index in [-0.39, 0.29) is 12.0 Å². The van der Waals surface area contributed by atoms with E-state index in [1.165, 1.54) is 17.9 Å². The van der Waals surface area contributed by atoms with Gasteiger partial charge in [-0.2, -0.15) is 0 Å². The van der Waals surface area contributed by atoms with Crippen LogP contribution in [0, 0.1) is 5.92 Å². The van der Waals surface area contributed by atoms with E-state index in [1.54, 1.807) is 0 Å². The molecule has 2 fully saturated rings. The molecule has 4 nitrogen and oxygen atoms in total. The molecule has 2 aliphatic rings. The van der Waals surface area contributed by atoms with Gasteiger partial charge in [0.1, 0.15) is 0 Å². The van der Waals surface area contributed by atoms with Crippen LogP contribution in [0.4, 0.5) is 0 Å². The molecule has 0 aromatic rings. The average molecular weight is 184 g/mol. The lowest BCUT2D eigenvalue weighted by Gasteiger charge is -2.15. The molecule has 0 aromatic heterocycles. The summed E-state index contributed by atoms with van der Waals surface area (Å²) in [5.41, 5.74) is 5.37.